The second-order valence-electron chi connectivity index (χ2n) is 1.60. The van der Waals surface area contributed by atoms with Crippen molar-refractivity contribution >= 4 is 23.4 Å². The number of nitrogens with two attached hydrogens (primary N) is 2. The monoisotopic (exact) mass is 160 g/mol. The second kappa shape index (κ2) is 2.18. The number of nitrogens with zero attached hydrogens (tertiary/aromatic N) is 2. The fourth-order valence-corrected chi connectivity index (χ4v) is 0.554. The molecule has 0 unspecified atom stereocenters. The minimum absolute atomic E-state index is 0.0216. The Hall–Kier alpha value is -1.23. The maximum absolute atomic E-state index is 8.84. The number of nitrogen functional groups attached to an aromatic ring is 2. The predicted molar refractivity (Wildman–Crippen MR) is 37.5 cm³/mol. The van der Waals surface area contributed by atoms with Crippen LogP contribution in [0.3, 0.4) is 0 Å². The smallest absolute Gasteiger partial charge is 0.237 e. The summed E-state index contributed by atoms with van der Waals surface area (Å²) in [5.74, 6) is -0.516. The first-order valence-electron chi connectivity index (χ1n) is 2.38. The summed E-state index contributed by atoms with van der Waals surface area (Å²) in [6, 6.07) is 0. The number of aromatic nitrogens is 2. The van der Waals surface area contributed by atoms with Crippen LogP contribution in [0.1, 0.15) is 0 Å². The lowest BCUT2D eigenvalue weighted by Gasteiger charge is -1.98. The van der Waals surface area contributed by atoms with Gasteiger partial charge in [0.25, 0.3) is 0 Å². The highest BCUT2D eigenvalue weighted by molar-refractivity contribution is 6.33. The van der Waals surface area contributed by atoms with Crippen LogP contribution >= 0.6 is 11.6 Å². The van der Waals surface area contributed by atoms with Gasteiger partial charge in [-0.1, -0.05) is 11.6 Å². The van der Waals surface area contributed by atoms with E-state index < -0.39 is 5.88 Å². The Morgan fingerprint density at radius 1 is 1.30 bits per heavy atom. The molecule has 6 heteroatoms. The van der Waals surface area contributed by atoms with Gasteiger partial charge in [0.2, 0.25) is 11.8 Å². The third-order valence-electron chi connectivity index (χ3n) is 0.877. The van der Waals surface area contributed by atoms with Gasteiger partial charge in [-0.2, -0.15) is 9.97 Å². The van der Waals surface area contributed by atoms with E-state index in [-0.39, 0.29) is 16.8 Å². The number of anilines is 2. The van der Waals surface area contributed by atoms with Gasteiger partial charge in [0.1, 0.15) is 5.02 Å². The molecule has 1 aromatic rings. The molecule has 0 saturated heterocycles. The molecule has 0 fully saturated rings. The van der Waals surface area contributed by atoms with Crippen molar-refractivity contribution in [1.29, 1.82) is 0 Å². The zero-order valence-electron chi connectivity index (χ0n) is 4.87. The number of halogens is 1. The van der Waals surface area contributed by atoms with Crippen molar-refractivity contribution in [2.75, 3.05) is 11.5 Å². The summed E-state index contributed by atoms with van der Waals surface area (Å²) in [5, 5.41) is 8.76. The zero-order chi connectivity index (χ0) is 7.72. The third kappa shape index (κ3) is 1.03. The molecule has 0 amide bonds. The maximum atomic E-state index is 8.84. The lowest BCUT2D eigenvalue weighted by Crippen LogP contribution is -1.99. The molecule has 0 aromatic carbocycles. The number of rotatable bonds is 0. The highest BCUT2D eigenvalue weighted by Gasteiger charge is 2.05. The topological polar surface area (TPSA) is 98.0 Å². The van der Waals surface area contributed by atoms with E-state index in [1.54, 1.807) is 0 Å². The van der Waals surface area contributed by atoms with E-state index in [0.29, 0.717) is 0 Å². The fraction of sp³-hybridized carbons (Fsp3) is 0. The normalized spacial score (nSPS) is 9.70. The lowest BCUT2D eigenvalue weighted by molar-refractivity contribution is 0.454. The zero-order valence-corrected chi connectivity index (χ0v) is 5.63. The lowest BCUT2D eigenvalue weighted by atomic mass is 10.5. The summed E-state index contributed by atoms with van der Waals surface area (Å²) in [7, 11) is 0. The highest BCUT2D eigenvalue weighted by Crippen LogP contribution is 2.25. The van der Waals surface area contributed by atoms with E-state index >= 15 is 0 Å². The van der Waals surface area contributed by atoms with Gasteiger partial charge in [0.15, 0.2) is 5.82 Å². The van der Waals surface area contributed by atoms with E-state index in [0.717, 1.165) is 0 Å². The van der Waals surface area contributed by atoms with E-state index in [9.17, 15) is 0 Å². The van der Waals surface area contributed by atoms with Gasteiger partial charge in [0, 0.05) is 0 Å². The molecule has 0 aliphatic carbocycles. The Labute approximate surface area is 61.6 Å². The highest BCUT2D eigenvalue weighted by atomic mass is 35.5. The second-order valence-corrected chi connectivity index (χ2v) is 1.98. The Bertz CT molecular complexity index is 240. The predicted octanol–water partition coefficient (Wildman–Crippen LogP) is 0.0000000000000000555. The Balaban J connectivity index is 3.31. The van der Waals surface area contributed by atoms with Gasteiger partial charge in [-0.15, -0.1) is 0 Å². The van der Waals surface area contributed by atoms with Crippen molar-refractivity contribution in [3.05, 3.63) is 5.02 Å². The molecule has 1 heterocycles. The summed E-state index contributed by atoms with van der Waals surface area (Å²) in [4.78, 5) is 6.83. The van der Waals surface area contributed by atoms with Gasteiger partial charge in [-0.05, 0) is 0 Å². The molecule has 1 rings (SSSR count). The molecule has 0 aliphatic rings. The van der Waals surface area contributed by atoms with Crippen LogP contribution in [0, 0.1) is 0 Å². The van der Waals surface area contributed by atoms with E-state index in [2.05, 4.69) is 9.97 Å². The van der Waals surface area contributed by atoms with Crippen LogP contribution in [-0.2, 0) is 0 Å². The summed E-state index contributed by atoms with van der Waals surface area (Å²) < 4.78 is 0. The van der Waals surface area contributed by atoms with Crippen molar-refractivity contribution in [3.63, 3.8) is 0 Å². The number of hydrogen-bond acceptors (Lipinski definition) is 5. The van der Waals surface area contributed by atoms with Crippen molar-refractivity contribution < 1.29 is 5.11 Å². The minimum Gasteiger partial charge on any atom is -0.492 e. The summed E-state index contributed by atoms with van der Waals surface area (Å²) in [6.07, 6.45) is 0. The molecule has 1 aromatic heterocycles. The fourth-order valence-electron chi connectivity index (χ4n) is 0.470. The van der Waals surface area contributed by atoms with Crippen molar-refractivity contribution in [2.24, 2.45) is 0 Å². The maximum Gasteiger partial charge on any atom is 0.237 e. The molecule has 10 heavy (non-hydrogen) atoms. The van der Waals surface area contributed by atoms with Crippen LogP contribution in [-0.4, -0.2) is 15.1 Å². The van der Waals surface area contributed by atoms with Crippen molar-refractivity contribution in [2.45, 2.75) is 0 Å². The number of aromatic hydroxyl groups is 1. The summed E-state index contributed by atoms with van der Waals surface area (Å²) >= 11 is 5.39. The van der Waals surface area contributed by atoms with Crippen LogP contribution in [0.25, 0.3) is 0 Å². The van der Waals surface area contributed by atoms with Gasteiger partial charge >= 0.3 is 0 Å². The molecule has 5 N–H and O–H groups in total. The van der Waals surface area contributed by atoms with Crippen LogP contribution in [0.4, 0.5) is 11.8 Å². The van der Waals surface area contributed by atoms with Gasteiger partial charge < -0.3 is 16.6 Å². The Morgan fingerprint density at radius 2 is 1.90 bits per heavy atom. The van der Waals surface area contributed by atoms with Gasteiger partial charge in [-0.3, -0.25) is 0 Å². The molecule has 5 nitrogen and oxygen atoms in total. The first-order valence-corrected chi connectivity index (χ1v) is 2.76. The standard InChI is InChI=1S/C4H5ClN4O/c5-1-2(6)8-4(7)9-3(1)10/h(H5,6,7,8,9,10). The first-order chi connectivity index (χ1) is 4.61. The van der Waals surface area contributed by atoms with E-state index in [1.807, 2.05) is 0 Å². The average Bonchev–Trinajstić information content (AvgIpc) is 1.82. The third-order valence-corrected chi connectivity index (χ3v) is 1.24. The summed E-state index contributed by atoms with van der Waals surface area (Å²) in [6.45, 7) is 0. The molecular formula is C4H5ClN4O. The average molecular weight is 161 g/mol. The Morgan fingerprint density at radius 3 is 2.40 bits per heavy atom. The molecule has 0 atom stereocenters. The quantitative estimate of drug-likeness (QED) is 0.496. The van der Waals surface area contributed by atoms with Crippen LogP contribution in [0.2, 0.25) is 5.02 Å². The Kier molecular flexibility index (Phi) is 1.50. The molecule has 0 radical (unpaired) electrons. The first kappa shape index (κ1) is 6.88. The summed E-state index contributed by atoms with van der Waals surface area (Å²) in [5.41, 5.74) is 10.3. The largest absolute Gasteiger partial charge is 0.492 e. The van der Waals surface area contributed by atoms with Gasteiger partial charge in [-0.25, -0.2) is 0 Å². The SMILES string of the molecule is Nc1nc(N)c(Cl)c(O)n1. The molecule has 0 saturated carbocycles. The van der Waals surface area contributed by atoms with Crippen LogP contribution in [0.5, 0.6) is 5.88 Å². The van der Waals surface area contributed by atoms with Crippen molar-refractivity contribution in [1.82, 2.24) is 9.97 Å². The molecule has 54 valence electrons. The molecule has 0 bridgehead atoms. The van der Waals surface area contributed by atoms with Crippen LogP contribution in [0.15, 0.2) is 0 Å². The molecular weight excluding hydrogens is 156 g/mol. The molecule has 0 spiro atoms. The number of hydrogen-bond donors (Lipinski definition) is 3. The van der Waals surface area contributed by atoms with Gasteiger partial charge in [0.05, 0.1) is 0 Å². The van der Waals surface area contributed by atoms with Crippen LogP contribution < -0.4 is 11.5 Å². The van der Waals surface area contributed by atoms with E-state index in [1.165, 1.54) is 0 Å². The van der Waals surface area contributed by atoms with E-state index in [4.69, 9.17) is 28.2 Å². The minimum atomic E-state index is -0.397. The molecule has 0 aliphatic heterocycles. The van der Waals surface area contributed by atoms with Crippen molar-refractivity contribution in [3.8, 4) is 5.88 Å².